The van der Waals surface area contributed by atoms with E-state index >= 15 is 0 Å². The van der Waals surface area contributed by atoms with Crippen molar-refractivity contribution in [1.29, 1.82) is 0 Å². The maximum atomic E-state index is 8.54. The van der Waals surface area contributed by atoms with E-state index in [9.17, 15) is 0 Å². The summed E-state index contributed by atoms with van der Waals surface area (Å²) in [6.07, 6.45) is 0.473. The van der Waals surface area contributed by atoms with Crippen molar-refractivity contribution in [2.24, 2.45) is 5.73 Å². The molecule has 0 aromatic carbocycles. The molecule has 2 heteroatoms. The Morgan fingerprint density at radius 2 is 2.33 bits per heavy atom. The SMILES string of the molecule is CC[C@H](O)CN. The van der Waals surface area contributed by atoms with Crippen molar-refractivity contribution in [1.82, 2.24) is 0 Å². The predicted molar refractivity (Wildman–Crippen MR) is 25.4 cm³/mol. The van der Waals surface area contributed by atoms with Gasteiger partial charge in [0, 0.05) is 6.54 Å². The monoisotopic (exact) mass is 89.1 g/mol. The van der Waals surface area contributed by atoms with Gasteiger partial charge >= 0.3 is 0 Å². The second-order valence-electron chi connectivity index (χ2n) is 1.30. The molecule has 38 valence electrons. The molecular formula is C4H11NO. The lowest BCUT2D eigenvalue weighted by atomic mass is 10.3. The molecule has 0 aromatic rings. The number of aliphatic hydroxyl groups is 1. The standard InChI is InChI=1S/C4H11NO/c1-2-4(6)3-5/h4,6H,2-3,5H2,1H3/t4-/m0/s1. The number of hydrogen-bond acceptors (Lipinski definition) is 2. The van der Waals surface area contributed by atoms with Gasteiger partial charge in [-0.1, -0.05) is 6.92 Å². The summed E-state index contributed by atoms with van der Waals surface area (Å²) in [6.45, 7) is 2.29. The van der Waals surface area contributed by atoms with Gasteiger partial charge in [0.25, 0.3) is 0 Å². The molecule has 0 fully saturated rings. The molecule has 0 aliphatic heterocycles. The van der Waals surface area contributed by atoms with E-state index in [-0.39, 0.29) is 6.10 Å². The fourth-order valence-corrected chi connectivity index (χ4v) is 0.167. The third-order valence-electron chi connectivity index (χ3n) is 0.743. The summed E-state index contributed by atoms with van der Waals surface area (Å²) in [5.41, 5.74) is 5.03. The lowest BCUT2D eigenvalue weighted by molar-refractivity contribution is 0.179. The molecule has 2 nitrogen and oxygen atoms in total. The summed E-state index contributed by atoms with van der Waals surface area (Å²) >= 11 is 0. The Bertz CT molecular complexity index is 26.7. The molecule has 0 amide bonds. The first-order chi connectivity index (χ1) is 2.81. The molecular weight excluding hydrogens is 78.1 g/mol. The molecule has 0 heterocycles. The van der Waals surface area contributed by atoms with E-state index in [1.807, 2.05) is 6.92 Å². The minimum Gasteiger partial charge on any atom is -0.392 e. The first-order valence-electron chi connectivity index (χ1n) is 2.19. The molecule has 1 atom stereocenters. The van der Waals surface area contributed by atoms with Gasteiger partial charge < -0.3 is 10.8 Å². The van der Waals surface area contributed by atoms with Crippen molar-refractivity contribution >= 4 is 0 Å². The zero-order valence-electron chi connectivity index (χ0n) is 4.02. The second kappa shape index (κ2) is 3.12. The molecule has 0 saturated carbocycles. The Morgan fingerprint density at radius 3 is 2.33 bits per heavy atom. The minimum absolute atomic E-state index is 0.287. The van der Waals surface area contributed by atoms with E-state index in [0.717, 1.165) is 6.42 Å². The summed E-state index contributed by atoms with van der Waals surface area (Å²) in [5.74, 6) is 0. The Morgan fingerprint density at radius 1 is 1.83 bits per heavy atom. The molecule has 0 spiro atoms. The number of aliphatic hydroxyl groups excluding tert-OH is 1. The molecule has 0 bridgehead atoms. The predicted octanol–water partition coefficient (Wildman–Crippen LogP) is -0.284. The van der Waals surface area contributed by atoms with Gasteiger partial charge in [0.2, 0.25) is 0 Å². The lowest BCUT2D eigenvalue weighted by Gasteiger charge is -1.98. The van der Waals surface area contributed by atoms with Crippen LogP contribution in [0.3, 0.4) is 0 Å². The highest BCUT2D eigenvalue weighted by Crippen LogP contribution is 1.81. The van der Waals surface area contributed by atoms with Crippen molar-refractivity contribution in [2.75, 3.05) is 6.54 Å². The fourth-order valence-electron chi connectivity index (χ4n) is 0.167. The van der Waals surface area contributed by atoms with Gasteiger partial charge in [-0.2, -0.15) is 0 Å². The number of rotatable bonds is 2. The van der Waals surface area contributed by atoms with Gasteiger partial charge in [0.05, 0.1) is 6.10 Å². The van der Waals surface area contributed by atoms with Crippen LogP contribution in [0.5, 0.6) is 0 Å². The van der Waals surface area contributed by atoms with Crippen molar-refractivity contribution in [3.05, 3.63) is 0 Å². The van der Waals surface area contributed by atoms with Crippen molar-refractivity contribution in [3.8, 4) is 0 Å². The summed E-state index contributed by atoms with van der Waals surface area (Å²) in [5, 5.41) is 8.54. The normalized spacial score (nSPS) is 14.5. The Labute approximate surface area is 38.0 Å². The maximum Gasteiger partial charge on any atom is 0.0659 e. The summed E-state index contributed by atoms with van der Waals surface area (Å²) < 4.78 is 0. The van der Waals surface area contributed by atoms with Crippen LogP contribution in [0.15, 0.2) is 0 Å². The van der Waals surface area contributed by atoms with Crippen LogP contribution in [0, 0.1) is 0 Å². The van der Waals surface area contributed by atoms with Crippen LogP contribution >= 0.6 is 0 Å². The highest BCUT2D eigenvalue weighted by Gasteiger charge is 1.90. The summed E-state index contributed by atoms with van der Waals surface area (Å²) in [6, 6.07) is 0. The summed E-state index contributed by atoms with van der Waals surface area (Å²) in [4.78, 5) is 0. The average molecular weight is 89.1 g/mol. The van der Waals surface area contributed by atoms with E-state index in [1.165, 1.54) is 0 Å². The van der Waals surface area contributed by atoms with Crippen molar-refractivity contribution in [3.63, 3.8) is 0 Å². The third kappa shape index (κ3) is 2.18. The zero-order chi connectivity index (χ0) is 4.99. The Kier molecular flexibility index (Phi) is 3.08. The van der Waals surface area contributed by atoms with Crippen LogP contribution in [-0.4, -0.2) is 17.8 Å². The fraction of sp³-hybridized carbons (Fsp3) is 1.00. The topological polar surface area (TPSA) is 46.2 Å². The zero-order valence-corrected chi connectivity index (χ0v) is 4.02. The molecule has 0 radical (unpaired) electrons. The number of nitrogens with two attached hydrogens (primary N) is 1. The Hall–Kier alpha value is -0.0800. The Balaban J connectivity index is 2.75. The van der Waals surface area contributed by atoms with Gasteiger partial charge in [-0.05, 0) is 6.42 Å². The van der Waals surface area contributed by atoms with Crippen LogP contribution in [-0.2, 0) is 0 Å². The van der Waals surface area contributed by atoms with Gasteiger partial charge in [-0.3, -0.25) is 0 Å². The van der Waals surface area contributed by atoms with Crippen LogP contribution in [0.4, 0.5) is 0 Å². The van der Waals surface area contributed by atoms with Gasteiger partial charge in [0.15, 0.2) is 0 Å². The molecule has 0 saturated heterocycles. The van der Waals surface area contributed by atoms with Crippen LogP contribution < -0.4 is 5.73 Å². The van der Waals surface area contributed by atoms with Gasteiger partial charge in [0.1, 0.15) is 0 Å². The van der Waals surface area contributed by atoms with E-state index in [1.54, 1.807) is 0 Å². The molecule has 0 rings (SSSR count). The number of hydrogen-bond donors (Lipinski definition) is 2. The highest BCUT2D eigenvalue weighted by molar-refractivity contribution is 4.48. The average Bonchev–Trinajstić information content (AvgIpc) is 1.65. The smallest absolute Gasteiger partial charge is 0.0659 e. The van der Waals surface area contributed by atoms with Crippen LogP contribution in [0.2, 0.25) is 0 Å². The molecule has 0 aliphatic carbocycles. The molecule has 3 N–H and O–H groups in total. The molecule has 0 aromatic heterocycles. The van der Waals surface area contributed by atoms with Crippen LogP contribution in [0.1, 0.15) is 13.3 Å². The third-order valence-corrected chi connectivity index (χ3v) is 0.743. The first kappa shape index (κ1) is 5.92. The largest absolute Gasteiger partial charge is 0.392 e. The maximum absolute atomic E-state index is 8.54. The van der Waals surface area contributed by atoms with Gasteiger partial charge in [-0.15, -0.1) is 0 Å². The molecule has 6 heavy (non-hydrogen) atoms. The van der Waals surface area contributed by atoms with Crippen LogP contribution in [0.25, 0.3) is 0 Å². The van der Waals surface area contributed by atoms with E-state index < -0.39 is 0 Å². The van der Waals surface area contributed by atoms with E-state index in [2.05, 4.69) is 0 Å². The lowest BCUT2D eigenvalue weighted by Crippen LogP contribution is -2.17. The highest BCUT2D eigenvalue weighted by atomic mass is 16.3. The first-order valence-corrected chi connectivity index (χ1v) is 2.19. The molecule has 0 aliphatic rings. The molecule has 0 unspecified atom stereocenters. The summed E-state index contributed by atoms with van der Waals surface area (Å²) in [7, 11) is 0. The van der Waals surface area contributed by atoms with Gasteiger partial charge in [-0.25, -0.2) is 0 Å². The van der Waals surface area contributed by atoms with Crippen molar-refractivity contribution in [2.45, 2.75) is 19.4 Å². The second-order valence-corrected chi connectivity index (χ2v) is 1.30. The van der Waals surface area contributed by atoms with E-state index in [0.29, 0.717) is 6.54 Å². The quantitative estimate of drug-likeness (QED) is 0.488. The van der Waals surface area contributed by atoms with E-state index in [4.69, 9.17) is 10.8 Å². The van der Waals surface area contributed by atoms with Crippen molar-refractivity contribution < 1.29 is 5.11 Å². The minimum atomic E-state index is -0.287.